The molecule has 152 valence electrons. The number of rotatable bonds is 2. The summed E-state index contributed by atoms with van der Waals surface area (Å²) >= 11 is 0. The van der Waals surface area contributed by atoms with Crippen molar-refractivity contribution in [3.63, 3.8) is 0 Å². The largest absolute Gasteiger partial charge is 0.329 e. The Morgan fingerprint density at radius 2 is 1.35 bits per heavy atom. The zero-order valence-electron chi connectivity index (χ0n) is 16.5. The van der Waals surface area contributed by atoms with Crippen molar-refractivity contribution in [2.45, 2.75) is 13.1 Å². The number of amides is 1. The molecule has 0 spiro atoms. The highest BCUT2D eigenvalue weighted by Gasteiger charge is 2.24. The number of nitrogens with zero attached hydrogens (tertiary/aromatic N) is 3. The van der Waals surface area contributed by atoms with Crippen LogP contribution in [0.15, 0.2) is 89.7 Å². The van der Waals surface area contributed by atoms with Gasteiger partial charge in [-0.2, -0.15) is 9.78 Å². The van der Waals surface area contributed by atoms with E-state index in [0.717, 1.165) is 26.9 Å². The third-order valence-electron chi connectivity index (χ3n) is 5.43. The van der Waals surface area contributed by atoms with E-state index in [1.54, 1.807) is 4.90 Å². The van der Waals surface area contributed by atoms with Gasteiger partial charge in [-0.05, 0) is 52.6 Å². The van der Waals surface area contributed by atoms with Gasteiger partial charge in [0.15, 0.2) is 0 Å². The summed E-state index contributed by atoms with van der Waals surface area (Å²) in [5.41, 5.74) is 4.47. The fraction of sp³-hybridized carbons (Fsp3) is 0.0800. The smallest absolute Gasteiger partial charge is 0.274 e. The topological polar surface area (TPSA) is 55.2 Å². The van der Waals surface area contributed by atoms with Gasteiger partial charge >= 0.3 is 0 Å². The molecule has 0 unspecified atom stereocenters. The van der Waals surface area contributed by atoms with Gasteiger partial charge in [-0.1, -0.05) is 48.5 Å². The molecule has 6 heteroatoms. The average molecular weight is 411 g/mol. The highest BCUT2D eigenvalue weighted by atomic mass is 19.1. The molecule has 1 amide bonds. The van der Waals surface area contributed by atoms with Gasteiger partial charge in [0.25, 0.3) is 11.5 Å². The van der Waals surface area contributed by atoms with Gasteiger partial charge in [0.2, 0.25) is 0 Å². The van der Waals surface area contributed by atoms with Gasteiger partial charge < -0.3 is 4.90 Å². The maximum Gasteiger partial charge on any atom is 0.274 e. The lowest BCUT2D eigenvalue weighted by atomic mass is 9.97. The van der Waals surface area contributed by atoms with Crippen LogP contribution < -0.4 is 5.56 Å². The van der Waals surface area contributed by atoms with Crippen LogP contribution in [-0.4, -0.2) is 20.6 Å². The van der Waals surface area contributed by atoms with Crippen molar-refractivity contribution >= 4 is 5.91 Å². The second-order valence-electron chi connectivity index (χ2n) is 7.42. The molecule has 0 saturated heterocycles. The number of fused-ring (bicyclic) bond motifs is 3. The summed E-state index contributed by atoms with van der Waals surface area (Å²) < 4.78 is 14.4. The Morgan fingerprint density at radius 1 is 0.774 bits per heavy atom. The minimum absolute atomic E-state index is 0.154. The van der Waals surface area contributed by atoms with Gasteiger partial charge in [0.05, 0.1) is 5.69 Å². The van der Waals surface area contributed by atoms with E-state index in [2.05, 4.69) is 17.2 Å². The van der Waals surface area contributed by atoms with Crippen LogP contribution in [0.3, 0.4) is 0 Å². The number of carbonyl (C=O) groups excluding carboxylic acids is 1. The van der Waals surface area contributed by atoms with Crippen LogP contribution in [0.25, 0.3) is 16.8 Å². The van der Waals surface area contributed by atoms with E-state index in [1.807, 2.05) is 36.4 Å². The SMILES string of the molecule is O=C(c1ccc(=O)n(-c2ccc(F)cc2)n1)N1Cc2ccccc2-c2ccccc2C1. The van der Waals surface area contributed by atoms with Crippen LogP contribution in [0, 0.1) is 5.82 Å². The molecule has 2 heterocycles. The summed E-state index contributed by atoms with van der Waals surface area (Å²) in [7, 11) is 0. The predicted octanol–water partition coefficient (Wildman–Crippen LogP) is 4.19. The van der Waals surface area contributed by atoms with Crippen molar-refractivity contribution < 1.29 is 9.18 Å². The van der Waals surface area contributed by atoms with Crippen LogP contribution >= 0.6 is 0 Å². The highest BCUT2D eigenvalue weighted by Crippen LogP contribution is 2.32. The molecule has 4 aromatic rings. The average Bonchev–Trinajstić information content (AvgIpc) is 2.97. The zero-order valence-corrected chi connectivity index (χ0v) is 16.5. The molecule has 0 radical (unpaired) electrons. The Bertz CT molecular complexity index is 1300. The van der Waals surface area contributed by atoms with Gasteiger partial charge in [0.1, 0.15) is 11.5 Å². The molecule has 3 aromatic carbocycles. The van der Waals surface area contributed by atoms with Gasteiger partial charge in [-0.15, -0.1) is 0 Å². The monoisotopic (exact) mass is 411 g/mol. The first-order chi connectivity index (χ1) is 15.1. The van der Waals surface area contributed by atoms with Crippen LogP contribution in [0.1, 0.15) is 21.6 Å². The fourth-order valence-corrected chi connectivity index (χ4v) is 3.91. The molecular weight excluding hydrogens is 393 g/mol. The quantitative estimate of drug-likeness (QED) is 0.497. The zero-order chi connectivity index (χ0) is 21.4. The molecule has 0 N–H and O–H groups in total. The highest BCUT2D eigenvalue weighted by molar-refractivity contribution is 5.92. The van der Waals surface area contributed by atoms with E-state index in [1.165, 1.54) is 36.4 Å². The van der Waals surface area contributed by atoms with Gasteiger partial charge in [-0.3, -0.25) is 9.59 Å². The van der Waals surface area contributed by atoms with E-state index in [-0.39, 0.29) is 11.6 Å². The lowest BCUT2D eigenvalue weighted by Gasteiger charge is -2.21. The normalized spacial score (nSPS) is 12.6. The second-order valence-corrected chi connectivity index (χ2v) is 7.42. The molecule has 0 saturated carbocycles. The van der Waals surface area contributed by atoms with Crippen LogP contribution in [0.5, 0.6) is 0 Å². The number of carbonyl (C=O) groups is 1. The van der Waals surface area contributed by atoms with Crippen molar-refractivity contribution in [3.8, 4) is 16.8 Å². The van der Waals surface area contributed by atoms with Crippen molar-refractivity contribution in [2.24, 2.45) is 0 Å². The Labute approximate surface area is 178 Å². The summed E-state index contributed by atoms with van der Waals surface area (Å²) in [4.78, 5) is 27.5. The molecule has 1 aliphatic heterocycles. The van der Waals surface area contributed by atoms with E-state index >= 15 is 0 Å². The molecule has 5 rings (SSSR count). The van der Waals surface area contributed by atoms with Crippen molar-refractivity contribution in [2.75, 3.05) is 0 Å². The van der Waals surface area contributed by atoms with E-state index < -0.39 is 11.4 Å². The van der Waals surface area contributed by atoms with Crippen LogP contribution in [0.2, 0.25) is 0 Å². The fourth-order valence-electron chi connectivity index (χ4n) is 3.91. The first kappa shape index (κ1) is 18.9. The molecule has 0 fully saturated rings. The summed E-state index contributed by atoms with van der Waals surface area (Å²) in [5, 5.41) is 4.28. The Balaban J connectivity index is 1.55. The predicted molar refractivity (Wildman–Crippen MR) is 115 cm³/mol. The lowest BCUT2D eigenvalue weighted by molar-refractivity contribution is 0.0724. The third-order valence-corrected chi connectivity index (χ3v) is 5.43. The van der Waals surface area contributed by atoms with Crippen molar-refractivity contribution in [3.05, 3.63) is 118 Å². The van der Waals surface area contributed by atoms with E-state index in [9.17, 15) is 14.0 Å². The molecule has 0 aliphatic carbocycles. The number of benzene rings is 3. The third kappa shape index (κ3) is 3.53. The summed E-state index contributed by atoms with van der Waals surface area (Å²) in [5.74, 6) is -0.687. The number of hydrogen-bond donors (Lipinski definition) is 0. The first-order valence-electron chi connectivity index (χ1n) is 9.92. The molecule has 1 aromatic heterocycles. The van der Waals surface area contributed by atoms with E-state index in [0.29, 0.717) is 18.8 Å². The van der Waals surface area contributed by atoms with Crippen LogP contribution in [0.4, 0.5) is 4.39 Å². The van der Waals surface area contributed by atoms with Crippen molar-refractivity contribution in [1.29, 1.82) is 0 Å². The number of halogens is 1. The maximum absolute atomic E-state index is 13.4. The number of aromatic nitrogens is 2. The Morgan fingerprint density at radius 3 is 1.97 bits per heavy atom. The minimum atomic E-state index is -0.411. The molecule has 0 bridgehead atoms. The summed E-state index contributed by atoms with van der Waals surface area (Å²) in [6.45, 7) is 0.863. The molecule has 5 nitrogen and oxygen atoms in total. The van der Waals surface area contributed by atoms with Gasteiger partial charge in [-0.25, -0.2) is 4.39 Å². The molecule has 0 atom stereocenters. The first-order valence-corrected chi connectivity index (χ1v) is 9.92. The minimum Gasteiger partial charge on any atom is -0.329 e. The summed E-state index contributed by atoms with van der Waals surface area (Å²) in [6.07, 6.45) is 0. The molecular formula is C25H18FN3O2. The summed E-state index contributed by atoms with van der Waals surface area (Å²) in [6, 6.07) is 24.2. The number of hydrogen-bond acceptors (Lipinski definition) is 3. The van der Waals surface area contributed by atoms with Crippen molar-refractivity contribution in [1.82, 2.24) is 14.7 Å². The lowest BCUT2D eigenvalue weighted by Crippen LogP contribution is -2.32. The molecule has 1 aliphatic rings. The van der Waals surface area contributed by atoms with Gasteiger partial charge in [0, 0.05) is 19.2 Å². The maximum atomic E-state index is 13.4. The Hall–Kier alpha value is -4.06. The molecule has 31 heavy (non-hydrogen) atoms. The second kappa shape index (κ2) is 7.65. The van der Waals surface area contributed by atoms with E-state index in [4.69, 9.17) is 0 Å². The standard InChI is InChI=1S/C25H18FN3O2/c26-19-9-11-20(12-10-19)29-24(30)14-13-23(27-29)25(31)28-15-17-5-1-3-7-21(17)22-8-4-2-6-18(22)16-28/h1-14H,15-16H2. The van der Waals surface area contributed by atoms with Crippen LogP contribution in [-0.2, 0) is 13.1 Å². The Kier molecular flexibility index (Phi) is 4.67.